The second kappa shape index (κ2) is 13.3. The standard InChI is InChI=1S/C30H36N2O4/c1-5-6-10-19-35-27-18-13-23(20-28(27)34-4)21-31-32-29(33)22-36-26-16-14-25(15-17-26)30(2,3)24-11-8-7-9-12-24/h7-9,11-18,20-21H,5-6,10,19,22H2,1-4H3,(H,32,33). The first-order chi connectivity index (χ1) is 17.4. The predicted octanol–water partition coefficient (Wildman–Crippen LogP) is 6.12. The molecule has 3 rings (SSSR count). The summed E-state index contributed by atoms with van der Waals surface area (Å²) in [5.41, 5.74) is 5.55. The van der Waals surface area contributed by atoms with Crippen LogP contribution in [0.25, 0.3) is 0 Å². The van der Waals surface area contributed by atoms with Crippen molar-refractivity contribution in [1.82, 2.24) is 5.43 Å². The van der Waals surface area contributed by atoms with Gasteiger partial charge < -0.3 is 14.2 Å². The van der Waals surface area contributed by atoms with E-state index in [4.69, 9.17) is 14.2 Å². The fourth-order valence-corrected chi connectivity index (χ4v) is 3.77. The van der Waals surface area contributed by atoms with Crippen LogP contribution >= 0.6 is 0 Å². The molecule has 0 fully saturated rings. The van der Waals surface area contributed by atoms with Gasteiger partial charge >= 0.3 is 0 Å². The summed E-state index contributed by atoms with van der Waals surface area (Å²) < 4.78 is 16.8. The van der Waals surface area contributed by atoms with Gasteiger partial charge in [-0.05, 0) is 53.4 Å². The van der Waals surface area contributed by atoms with E-state index in [1.807, 2.05) is 60.7 Å². The Morgan fingerprint density at radius 1 is 0.917 bits per heavy atom. The summed E-state index contributed by atoms with van der Waals surface area (Å²) in [6.07, 6.45) is 4.84. The molecule has 0 bridgehead atoms. The summed E-state index contributed by atoms with van der Waals surface area (Å²) in [7, 11) is 1.60. The molecule has 6 nitrogen and oxygen atoms in total. The smallest absolute Gasteiger partial charge is 0.277 e. The van der Waals surface area contributed by atoms with Gasteiger partial charge in [0.05, 0.1) is 19.9 Å². The lowest BCUT2D eigenvalue weighted by Crippen LogP contribution is -2.24. The van der Waals surface area contributed by atoms with Crippen LogP contribution in [0, 0.1) is 0 Å². The number of ether oxygens (including phenoxy) is 3. The molecule has 0 aliphatic carbocycles. The lowest BCUT2D eigenvalue weighted by Gasteiger charge is -2.26. The molecule has 0 aliphatic rings. The van der Waals surface area contributed by atoms with E-state index in [1.165, 1.54) is 11.1 Å². The summed E-state index contributed by atoms with van der Waals surface area (Å²) in [6.45, 7) is 7.05. The zero-order valence-corrected chi connectivity index (χ0v) is 21.6. The minimum Gasteiger partial charge on any atom is -0.493 e. The maximum absolute atomic E-state index is 12.2. The molecule has 3 aromatic carbocycles. The van der Waals surface area contributed by atoms with Crippen molar-refractivity contribution in [2.45, 2.75) is 45.4 Å². The van der Waals surface area contributed by atoms with E-state index >= 15 is 0 Å². The summed E-state index contributed by atoms with van der Waals surface area (Å²) in [5.74, 6) is 1.61. The van der Waals surface area contributed by atoms with E-state index in [1.54, 1.807) is 13.3 Å². The SMILES string of the molecule is CCCCCOc1ccc(C=NNC(=O)COc2ccc(C(C)(C)c3ccccc3)cc2)cc1OC. The Labute approximate surface area is 214 Å². The molecule has 0 aliphatic heterocycles. The molecule has 0 atom stereocenters. The van der Waals surface area contributed by atoms with Crippen LogP contribution in [0.5, 0.6) is 17.2 Å². The molecular weight excluding hydrogens is 452 g/mol. The lowest BCUT2D eigenvalue weighted by atomic mass is 9.78. The molecule has 0 unspecified atom stereocenters. The Morgan fingerprint density at radius 3 is 2.33 bits per heavy atom. The van der Waals surface area contributed by atoms with Crippen molar-refractivity contribution in [3.8, 4) is 17.2 Å². The molecule has 3 aromatic rings. The number of amides is 1. The fourth-order valence-electron chi connectivity index (χ4n) is 3.77. The molecule has 0 heterocycles. The molecular formula is C30H36N2O4. The number of methoxy groups -OCH3 is 1. The number of benzene rings is 3. The third-order valence-corrected chi connectivity index (χ3v) is 6.04. The Bertz CT molecular complexity index is 1130. The largest absolute Gasteiger partial charge is 0.493 e. The monoisotopic (exact) mass is 488 g/mol. The van der Waals surface area contributed by atoms with Crippen molar-refractivity contribution < 1.29 is 19.0 Å². The second-order valence-corrected chi connectivity index (χ2v) is 9.06. The zero-order chi connectivity index (χ0) is 25.8. The Hall–Kier alpha value is -3.80. The minimum atomic E-state index is -0.345. The molecule has 36 heavy (non-hydrogen) atoms. The first-order valence-electron chi connectivity index (χ1n) is 12.4. The van der Waals surface area contributed by atoms with E-state index in [2.05, 4.69) is 43.4 Å². The number of hydrogen-bond acceptors (Lipinski definition) is 5. The van der Waals surface area contributed by atoms with Crippen LogP contribution in [0.4, 0.5) is 0 Å². The Kier molecular flexibility index (Phi) is 9.92. The maximum atomic E-state index is 12.2. The number of hydrazone groups is 1. The summed E-state index contributed by atoms with van der Waals surface area (Å²) >= 11 is 0. The molecule has 1 N–H and O–H groups in total. The first kappa shape index (κ1) is 26.8. The van der Waals surface area contributed by atoms with Crippen LogP contribution < -0.4 is 19.6 Å². The number of carbonyl (C=O) groups is 1. The highest BCUT2D eigenvalue weighted by Crippen LogP contribution is 2.32. The number of carbonyl (C=O) groups excluding carboxylic acids is 1. The quantitative estimate of drug-likeness (QED) is 0.179. The van der Waals surface area contributed by atoms with Crippen molar-refractivity contribution in [2.24, 2.45) is 5.10 Å². The van der Waals surface area contributed by atoms with Crippen molar-refractivity contribution in [2.75, 3.05) is 20.3 Å². The van der Waals surface area contributed by atoms with Gasteiger partial charge in [0.25, 0.3) is 5.91 Å². The van der Waals surface area contributed by atoms with Crippen LogP contribution in [0.15, 0.2) is 77.9 Å². The van der Waals surface area contributed by atoms with Gasteiger partial charge in [-0.3, -0.25) is 4.79 Å². The van der Waals surface area contributed by atoms with Gasteiger partial charge in [-0.1, -0.05) is 76.1 Å². The van der Waals surface area contributed by atoms with Gasteiger partial charge in [0.1, 0.15) is 5.75 Å². The van der Waals surface area contributed by atoms with Gasteiger partial charge in [0.2, 0.25) is 0 Å². The second-order valence-electron chi connectivity index (χ2n) is 9.06. The number of nitrogens with one attached hydrogen (secondary N) is 1. The van der Waals surface area contributed by atoms with Crippen molar-refractivity contribution in [3.05, 3.63) is 89.5 Å². The van der Waals surface area contributed by atoms with E-state index < -0.39 is 0 Å². The first-order valence-corrected chi connectivity index (χ1v) is 12.4. The zero-order valence-electron chi connectivity index (χ0n) is 21.6. The fraction of sp³-hybridized carbons (Fsp3) is 0.333. The molecule has 0 saturated carbocycles. The van der Waals surface area contributed by atoms with E-state index in [0.717, 1.165) is 24.8 Å². The van der Waals surface area contributed by atoms with Gasteiger partial charge in [-0.25, -0.2) is 5.43 Å². The number of rotatable bonds is 13. The van der Waals surface area contributed by atoms with E-state index in [0.29, 0.717) is 23.9 Å². The molecule has 6 heteroatoms. The van der Waals surface area contributed by atoms with Crippen molar-refractivity contribution >= 4 is 12.1 Å². The summed E-state index contributed by atoms with van der Waals surface area (Å²) in [4.78, 5) is 12.2. The highest BCUT2D eigenvalue weighted by molar-refractivity contribution is 5.83. The molecule has 190 valence electrons. The predicted molar refractivity (Wildman–Crippen MR) is 144 cm³/mol. The average molecular weight is 489 g/mol. The average Bonchev–Trinajstić information content (AvgIpc) is 2.91. The van der Waals surface area contributed by atoms with Gasteiger partial charge in [-0.2, -0.15) is 5.10 Å². The summed E-state index contributed by atoms with van der Waals surface area (Å²) in [5, 5.41) is 4.02. The molecule has 0 aromatic heterocycles. The molecule has 0 radical (unpaired) electrons. The third-order valence-electron chi connectivity index (χ3n) is 6.04. The van der Waals surface area contributed by atoms with Gasteiger partial charge in [-0.15, -0.1) is 0 Å². The Balaban J connectivity index is 1.48. The van der Waals surface area contributed by atoms with Crippen molar-refractivity contribution in [1.29, 1.82) is 0 Å². The van der Waals surface area contributed by atoms with E-state index in [-0.39, 0.29) is 17.9 Å². The highest BCUT2D eigenvalue weighted by atomic mass is 16.5. The Morgan fingerprint density at radius 2 is 1.64 bits per heavy atom. The third kappa shape index (κ3) is 7.60. The number of hydrogen-bond donors (Lipinski definition) is 1. The van der Waals surface area contributed by atoms with Crippen LogP contribution in [-0.2, 0) is 10.2 Å². The lowest BCUT2D eigenvalue weighted by molar-refractivity contribution is -0.123. The normalized spacial score (nSPS) is 11.3. The minimum absolute atomic E-state index is 0.131. The van der Waals surface area contributed by atoms with Crippen LogP contribution in [-0.4, -0.2) is 32.4 Å². The molecule has 0 saturated heterocycles. The number of unbranched alkanes of at least 4 members (excludes halogenated alkanes) is 2. The topological polar surface area (TPSA) is 69.2 Å². The number of nitrogens with zero attached hydrogens (tertiary/aromatic N) is 1. The van der Waals surface area contributed by atoms with Crippen molar-refractivity contribution in [3.63, 3.8) is 0 Å². The molecule has 0 spiro atoms. The van der Waals surface area contributed by atoms with Crippen LogP contribution in [0.3, 0.4) is 0 Å². The maximum Gasteiger partial charge on any atom is 0.277 e. The van der Waals surface area contributed by atoms with Crippen LogP contribution in [0.1, 0.15) is 56.7 Å². The van der Waals surface area contributed by atoms with Gasteiger partial charge in [0.15, 0.2) is 18.1 Å². The molecule has 1 amide bonds. The van der Waals surface area contributed by atoms with E-state index in [9.17, 15) is 4.79 Å². The summed E-state index contributed by atoms with van der Waals surface area (Å²) in [6, 6.07) is 23.7. The van der Waals surface area contributed by atoms with Gasteiger partial charge in [0, 0.05) is 5.41 Å². The highest BCUT2D eigenvalue weighted by Gasteiger charge is 2.22. The van der Waals surface area contributed by atoms with Crippen LogP contribution in [0.2, 0.25) is 0 Å².